The van der Waals surface area contributed by atoms with Gasteiger partial charge in [-0.2, -0.15) is 0 Å². The Morgan fingerprint density at radius 2 is 1.75 bits per heavy atom. The molecule has 7 nitrogen and oxygen atoms in total. The smallest absolute Gasteiger partial charge is 0.320 e. The van der Waals surface area contributed by atoms with E-state index in [2.05, 4.69) is 0 Å². The Hall–Kier alpha value is -1.79. The lowest BCUT2D eigenvalue weighted by atomic mass is 9.97. The number of likely N-dealkylation sites (N-methyl/N-ethyl adjacent to an activating group) is 2. The molecule has 0 aromatic carbocycles. The second-order valence-electron chi connectivity index (χ2n) is 5.07. The van der Waals surface area contributed by atoms with Gasteiger partial charge < -0.3 is 19.8 Å². The Morgan fingerprint density at radius 1 is 1.20 bits per heavy atom. The van der Waals surface area contributed by atoms with Crippen LogP contribution in [0.1, 0.15) is 20.3 Å². The van der Waals surface area contributed by atoms with Crippen LogP contribution in [-0.2, 0) is 9.59 Å². The van der Waals surface area contributed by atoms with Crippen LogP contribution >= 0.6 is 0 Å². The lowest BCUT2D eigenvalue weighted by Gasteiger charge is -2.40. The summed E-state index contributed by atoms with van der Waals surface area (Å²) in [4.78, 5) is 39.1. The molecule has 0 atom stereocenters. The van der Waals surface area contributed by atoms with Gasteiger partial charge in [-0.3, -0.25) is 9.59 Å². The number of rotatable bonds is 6. The first-order chi connectivity index (χ1) is 9.38. The normalized spacial score (nSPS) is 14.7. The van der Waals surface area contributed by atoms with Crippen LogP contribution in [0.15, 0.2) is 0 Å². The molecule has 1 rings (SSSR count). The topological polar surface area (TPSA) is 81.2 Å². The molecule has 1 aliphatic rings. The fraction of sp³-hybridized carbons (Fsp3) is 0.769. The summed E-state index contributed by atoms with van der Waals surface area (Å²) in [7, 11) is 1.59. The highest BCUT2D eigenvalue weighted by molar-refractivity contribution is 5.84. The number of nitrogens with zero attached hydrogens (tertiary/aromatic N) is 3. The number of likely N-dealkylation sites (tertiary alicyclic amines) is 1. The fourth-order valence-corrected chi connectivity index (χ4v) is 2.29. The van der Waals surface area contributed by atoms with Gasteiger partial charge in [-0.25, -0.2) is 4.79 Å². The lowest BCUT2D eigenvalue weighted by molar-refractivity contribution is -0.139. The molecule has 1 N–H and O–H groups in total. The Balaban J connectivity index is 2.38. The van der Waals surface area contributed by atoms with Crippen molar-refractivity contribution in [3.8, 4) is 0 Å². The molecule has 7 heteroatoms. The van der Waals surface area contributed by atoms with Crippen molar-refractivity contribution in [1.29, 1.82) is 0 Å². The summed E-state index contributed by atoms with van der Waals surface area (Å²) in [5, 5.41) is 8.65. The van der Waals surface area contributed by atoms with Gasteiger partial charge in [-0.15, -0.1) is 0 Å². The summed E-state index contributed by atoms with van der Waals surface area (Å²) >= 11 is 0. The first-order valence-corrected chi connectivity index (χ1v) is 6.88. The largest absolute Gasteiger partial charge is 0.481 e. The van der Waals surface area contributed by atoms with Crippen LogP contribution < -0.4 is 0 Å². The molecule has 0 aromatic heterocycles. The van der Waals surface area contributed by atoms with E-state index in [1.165, 1.54) is 4.90 Å². The van der Waals surface area contributed by atoms with Crippen LogP contribution in [0.4, 0.5) is 4.79 Å². The maximum absolute atomic E-state index is 12.0. The Morgan fingerprint density at radius 3 is 2.20 bits per heavy atom. The number of hydrogen-bond acceptors (Lipinski definition) is 3. The fourth-order valence-electron chi connectivity index (χ4n) is 2.29. The van der Waals surface area contributed by atoms with Gasteiger partial charge in [-0.05, 0) is 13.8 Å². The zero-order valence-corrected chi connectivity index (χ0v) is 12.3. The highest BCUT2D eigenvalue weighted by Gasteiger charge is 2.34. The molecule has 0 bridgehead atoms. The van der Waals surface area contributed by atoms with E-state index < -0.39 is 5.97 Å². The molecular formula is C13H23N3O4. The second-order valence-corrected chi connectivity index (χ2v) is 5.07. The van der Waals surface area contributed by atoms with Gasteiger partial charge in [0.05, 0.1) is 6.42 Å². The van der Waals surface area contributed by atoms with Crippen LogP contribution in [-0.4, -0.2) is 77.5 Å². The molecule has 20 heavy (non-hydrogen) atoms. The number of aliphatic carboxylic acids is 1. The molecule has 1 aliphatic heterocycles. The summed E-state index contributed by atoms with van der Waals surface area (Å²) in [6, 6.07) is -0.216. The number of urea groups is 1. The van der Waals surface area contributed by atoms with Crippen LogP contribution in [0.25, 0.3) is 0 Å². The summed E-state index contributed by atoms with van der Waals surface area (Å²) < 4.78 is 0. The standard InChI is InChI=1S/C13H23N3O4/c1-4-15(5-2)11(17)9-14(3)13(20)16-7-10(8-16)6-12(18)19/h10H,4-9H2,1-3H3,(H,18,19). The molecule has 1 fully saturated rings. The van der Waals surface area contributed by atoms with Gasteiger partial charge in [0.15, 0.2) is 0 Å². The zero-order valence-electron chi connectivity index (χ0n) is 12.3. The minimum absolute atomic E-state index is 0.0309. The van der Waals surface area contributed by atoms with Gasteiger partial charge in [-0.1, -0.05) is 0 Å². The third-order valence-electron chi connectivity index (χ3n) is 3.51. The van der Waals surface area contributed by atoms with E-state index in [4.69, 9.17) is 5.11 Å². The van der Waals surface area contributed by atoms with E-state index in [9.17, 15) is 14.4 Å². The quantitative estimate of drug-likeness (QED) is 0.761. The summed E-state index contributed by atoms with van der Waals surface area (Å²) in [6.07, 6.45) is 0.0892. The van der Waals surface area contributed by atoms with Gasteiger partial charge in [0.2, 0.25) is 5.91 Å². The van der Waals surface area contributed by atoms with Crippen molar-refractivity contribution in [2.75, 3.05) is 39.8 Å². The molecule has 114 valence electrons. The van der Waals surface area contributed by atoms with Crippen molar-refractivity contribution in [2.45, 2.75) is 20.3 Å². The van der Waals surface area contributed by atoms with Crippen molar-refractivity contribution in [3.05, 3.63) is 0 Å². The first kappa shape index (κ1) is 16.3. The van der Waals surface area contributed by atoms with Crippen molar-refractivity contribution in [1.82, 2.24) is 14.7 Å². The number of amides is 3. The minimum atomic E-state index is -0.841. The van der Waals surface area contributed by atoms with E-state index >= 15 is 0 Å². The molecule has 3 amide bonds. The molecule has 0 spiro atoms. The highest BCUT2D eigenvalue weighted by Crippen LogP contribution is 2.20. The highest BCUT2D eigenvalue weighted by atomic mass is 16.4. The molecule has 0 saturated carbocycles. The molecule has 0 aliphatic carbocycles. The van der Waals surface area contributed by atoms with Crippen molar-refractivity contribution < 1.29 is 19.5 Å². The van der Waals surface area contributed by atoms with Gasteiger partial charge in [0, 0.05) is 39.1 Å². The number of hydrogen-bond donors (Lipinski definition) is 1. The maximum atomic E-state index is 12.0. The van der Waals surface area contributed by atoms with Crippen LogP contribution in [0.3, 0.4) is 0 Å². The number of carboxylic acids is 1. The molecule has 1 heterocycles. The van der Waals surface area contributed by atoms with Crippen molar-refractivity contribution in [3.63, 3.8) is 0 Å². The molecule has 1 saturated heterocycles. The summed E-state index contributed by atoms with van der Waals surface area (Å²) in [6.45, 7) is 6.01. The van der Waals surface area contributed by atoms with E-state index in [1.54, 1.807) is 16.8 Å². The number of carbonyl (C=O) groups excluding carboxylic acids is 2. The Labute approximate surface area is 119 Å². The molecule has 0 radical (unpaired) electrons. The van der Waals surface area contributed by atoms with E-state index in [1.807, 2.05) is 13.8 Å². The minimum Gasteiger partial charge on any atom is -0.481 e. The monoisotopic (exact) mass is 285 g/mol. The van der Waals surface area contributed by atoms with Crippen molar-refractivity contribution in [2.24, 2.45) is 5.92 Å². The van der Waals surface area contributed by atoms with Crippen LogP contribution in [0.2, 0.25) is 0 Å². The Bertz CT molecular complexity index is 376. The van der Waals surface area contributed by atoms with Crippen LogP contribution in [0, 0.1) is 5.92 Å². The van der Waals surface area contributed by atoms with Crippen molar-refractivity contribution >= 4 is 17.9 Å². The van der Waals surface area contributed by atoms with E-state index in [-0.39, 0.29) is 30.8 Å². The predicted octanol–water partition coefficient (Wildman–Crippen LogP) is 0.313. The van der Waals surface area contributed by atoms with Crippen LogP contribution in [0.5, 0.6) is 0 Å². The summed E-state index contributed by atoms with van der Waals surface area (Å²) in [5.74, 6) is -0.885. The van der Waals surface area contributed by atoms with Gasteiger partial charge >= 0.3 is 12.0 Å². The predicted molar refractivity (Wildman–Crippen MR) is 73.3 cm³/mol. The SMILES string of the molecule is CCN(CC)C(=O)CN(C)C(=O)N1CC(CC(=O)O)C1. The molecule has 0 unspecified atom stereocenters. The third-order valence-corrected chi connectivity index (χ3v) is 3.51. The van der Waals surface area contributed by atoms with E-state index in [0.717, 1.165) is 0 Å². The lowest BCUT2D eigenvalue weighted by Crippen LogP contribution is -2.55. The number of carbonyl (C=O) groups is 3. The molecule has 0 aromatic rings. The average Bonchev–Trinajstić information content (AvgIpc) is 2.33. The van der Waals surface area contributed by atoms with Gasteiger partial charge in [0.25, 0.3) is 0 Å². The maximum Gasteiger partial charge on any atom is 0.320 e. The number of carboxylic acid groups (broad SMARTS) is 1. The first-order valence-electron chi connectivity index (χ1n) is 6.88. The Kier molecular flexibility index (Phi) is 5.79. The molecular weight excluding hydrogens is 262 g/mol. The second kappa shape index (κ2) is 7.12. The summed E-state index contributed by atoms with van der Waals surface area (Å²) in [5.41, 5.74) is 0. The average molecular weight is 285 g/mol. The zero-order chi connectivity index (χ0) is 15.3. The van der Waals surface area contributed by atoms with Gasteiger partial charge in [0.1, 0.15) is 6.54 Å². The van der Waals surface area contributed by atoms with E-state index in [0.29, 0.717) is 26.2 Å². The third kappa shape index (κ3) is 4.11.